The number of aryl methyl sites for hydroxylation is 1. The van der Waals surface area contributed by atoms with E-state index < -0.39 is 0 Å². The summed E-state index contributed by atoms with van der Waals surface area (Å²) >= 11 is 0. The minimum atomic E-state index is -0.315. The topological polar surface area (TPSA) is 63.6 Å². The predicted octanol–water partition coefficient (Wildman–Crippen LogP) is 6.76. The molecule has 3 aromatic rings. The minimum Gasteiger partial charge on any atom is -0.385 e. The maximum atomic E-state index is 15.0. The second-order valence-corrected chi connectivity index (χ2v) is 10.0. The smallest absolute Gasteiger partial charge is 0.251 e. The van der Waals surface area contributed by atoms with Crippen molar-refractivity contribution < 1.29 is 14.0 Å². The summed E-state index contributed by atoms with van der Waals surface area (Å²) in [6.45, 7) is 3.95. The molecule has 186 valence electrons. The Hall–Kier alpha value is -3.54. The number of aromatic nitrogens is 1. The first kappa shape index (κ1) is 24.2. The van der Waals surface area contributed by atoms with Crippen LogP contribution in [0, 0.1) is 18.7 Å². The summed E-state index contributed by atoms with van der Waals surface area (Å²) < 4.78 is 15.0. The fourth-order valence-electron chi connectivity index (χ4n) is 5.25. The van der Waals surface area contributed by atoms with Crippen LogP contribution in [-0.2, 0) is 4.84 Å². The van der Waals surface area contributed by atoms with Gasteiger partial charge in [-0.05, 0) is 80.1 Å². The highest BCUT2D eigenvalue weighted by atomic mass is 19.1. The Morgan fingerprint density at radius 3 is 2.61 bits per heavy atom. The number of hydrogen-bond acceptors (Lipinski definition) is 4. The Labute approximate surface area is 211 Å². The van der Waals surface area contributed by atoms with Crippen LogP contribution in [0.5, 0.6) is 0 Å². The van der Waals surface area contributed by atoms with Crippen molar-refractivity contribution >= 4 is 11.6 Å². The van der Waals surface area contributed by atoms with Crippen molar-refractivity contribution in [2.45, 2.75) is 64.5 Å². The van der Waals surface area contributed by atoms with Crippen LogP contribution in [0.4, 0.5) is 4.39 Å². The predicted molar refractivity (Wildman–Crippen MR) is 139 cm³/mol. The molecule has 1 fully saturated rings. The van der Waals surface area contributed by atoms with E-state index in [1.807, 2.05) is 43.3 Å². The van der Waals surface area contributed by atoms with E-state index in [4.69, 9.17) is 4.84 Å². The molecular formula is C30H32FN3O2. The van der Waals surface area contributed by atoms with Gasteiger partial charge >= 0.3 is 0 Å². The lowest BCUT2D eigenvalue weighted by Gasteiger charge is -2.28. The third-order valence-electron chi connectivity index (χ3n) is 7.37. The Bertz CT molecular complexity index is 1270. The molecule has 0 bridgehead atoms. The Balaban J connectivity index is 1.45. The molecule has 2 aliphatic rings. The summed E-state index contributed by atoms with van der Waals surface area (Å²) in [6.07, 6.45) is 7.96. The number of carbonyl (C=O) groups excluding carboxylic acids is 1. The Kier molecular flexibility index (Phi) is 7.12. The number of benzene rings is 2. The monoisotopic (exact) mass is 485 g/mol. The molecule has 5 rings (SSSR count). The van der Waals surface area contributed by atoms with Gasteiger partial charge in [0.25, 0.3) is 5.91 Å². The standard InChI is InChI=1S/C30H32FN3O2/c1-19-11-12-25(26(31)14-19)22-15-23(28-18-29(36-34-28)27-10-6-7-13-32-27)17-24(16-22)30(35)33-20(2)21-8-4-3-5-9-21/h6-7,10-17,20-21,29H,3-5,8-9,18H2,1-2H3,(H,33,35)/t20-,29?/m1/s1. The van der Waals surface area contributed by atoms with E-state index in [-0.39, 0.29) is 23.9 Å². The molecule has 0 spiro atoms. The van der Waals surface area contributed by atoms with Crippen molar-refractivity contribution in [3.8, 4) is 11.1 Å². The second kappa shape index (κ2) is 10.6. The first-order valence-corrected chi connectivity index (χ1v) is 12.8. The van der Waals surface area contributed by atoms with Crippen LogP contribution in [0.2, 0.25) is 0 Å². The van der Waals surface area contributed by atoms with Gasteiger partial charge in [0.15, 0.2) is 6.10 Å². The van der Waals surface area contributed by atoms with Gasteiger partial charge in [0.05, 0.1) is 11.4 Å². The van der Waals surface area contributed by atoms with Gasteiger partial charge in [-0.15, -0.1) is 0 Å². The van der Waals surface area contributed by atoms with Crippen LogP contribution >= 0.6 is 0 Å². The summed E-state index contributed by atoms with van der Waals surface area (Å²) in [4.78, 5) is 23.5. The zero-order valence-corrected chi connectivity index (χ0v) is 20.8. The molecule has 2 heterocycles. The molecular weight excluding hydrogens is 453 g/mol. The average molecular weight is 486 g/mol. The summed E-state index contributed by atoms with van der Waals surface area (Å²) in [5.74, 6) is 0.0289. The van der Waals surface area contributed by atoms with Crippen molar-refractivity contribution in [2.75, 3.05) is 0 Å². The largest absolute Gasteiger partial charge is 0.385 e. The van der Waals surface area contributed by atoms with Gasteiger partial charge in [0.1, 0.15) is 5.82 Å². The highest BCUT2D eigenvalue weighted by Gasteiger charge is 2.27. The van der Waals surface area contributed by atoms with Crippen LogP contribution < -0.4 is 5.32 Å². The molecule has 0 saturated heterocycles. The first-order valence-electron chi connectivity index (χ1n) is 12.8. The molecule has 1 unspecified atom stereocenters. The van der Waals surface area contributed by atoms with Crippen LogP contribution in [0.15, 0.2) is 65.9 Å². The molecule has 5 nitrogen and oxygen atoms in total. The normalized spacial score (nSPS) is 18.9. The molecule has 36 heavy (non-hydrogen) atoms. The van der Waals surface area contributed by atoms with Gasteiger partial charge in [-0.25, -0.2) is 4.39 Å². The van der Waals surface area contributed by atoms with Crippen molar-refractivity contribution in [3.63, 3.8) is 0 Å². The molecule has 1 amide bonds. The molecule has 0 radical (unpaired) electrons. The molecule has 6 heteroatoms. The van der Waals surface area contributed by atoms with E-state index in [1.54, 1.807) is 18.3 Å². The number of oxime groups is 1. The van der Waals surface area contributed by atoms with Crippen molar-refractivity contribution in [2.24, 2.45) is 11.1 Å². The number of amides is 1. The highest BCUT2D eigenvalue weighted by Crippen LogP contribution is 2.32. The third kappa shape index (κ3) is 5.32. The summed E-state index contributed by atoms with van der Waals surface area (Å²) in [7, 11) is 0. The number of hydrogen-bond donors (Lipinski definition) is 1. The fourth-order valence-corrected chi connectivity index (χ4v) is 5.25. The lowest BCUT2D eigenvalue weighted by atomic mass is 9.84. The van der Waals surface area contributed by atoms with Gasteiger partial charge in [-0.2, -0.15) is 0 Å². The van der Waals surface area contributed by atoms with Crippen molar-refractivity contribution in [3.05, 3.63) is 89.0 Å². The highest BCUT2D eigenvalue weighted by molar-refractivity contribution is 6.05. The van der Waals surface area contributed by atoms with Gasteiger partial charge < -0.3 is 10.2 Å². The Morgan fingerprint density at radius 1 is 1.06 bits per heavy atom. The number of rotatable bonds is 6. The van der Waals surface area contributed by atoms with Gasteiger partial charge in [-0.1, -0.05) is 42.6 Å². The molecule has 2 aromatic carbocycles. The van der Waals surface area contributed by atoms with E-state index in [2.05, 4.69) is 22.4 Å². The van der Waals surface area contributed by atoms with Crippen molar-refractivity contribution in [1.29, 1.82) is 0 Å². The molecule has 1 aliphatic heterocycles. The maximum Gasteiger partial charge on any atom is 0.251 e. The number of nitrogens with zero attached hydrogens (tertiary/aromatic N) is 2. The van der Waals surface area contributed by atoms with Crippen LogP contribution in [0.1, 0.15) is 78.7 Å². The average Bonchev–Trinajstić information content (AvgIpc) is 3.40. The Morgan fingerprint density at radius 2 is 1.86 bits per heavy atom. The van der Waals surface area contributed by atoms with Crippen LogP contribution in [0.25, 0.3) is 11.1 Å². The zero-order chi connectivity index (χ0) is 25.1. The van der Waals surface area contributed by atoms with E-state index in [0.717, 1.165) is 35.4 Å². The molecule has 1 saturated carbocycles. The SMILES string of the molecule is Cc1ccc(-c2cc(C(=O)N[C@H](C)C3CCCCC3)cc(C3=NOC(c4ccccn4)C3)c2)c(F)c1. The summed E-state index contributed by atoms with van der Waals surface area (Å²) in [5.41, 5.74) is 4.71. The maximum absolute atomic E-state index is 15.0. The molecule has 1 aliphatic carbocycles. The molecule has 1 N–H and O–H groups in total. The number of pyridine rings is 1. The van der Waals surface area contributed by atoms with Crippen molar-refractivity contribution in [1.82, 2.24) is 10.3 Å². The van der Waals surface area contributed by atoms with Gasteiger partial charge in [0, 0.05) is 35.3 Å². The number of carbonyl (C=O) groups is 1. The lowest BCUT2D eigenvalue weighted by Crippen LogP contribution is -2.39. The molecule has 2 atom stereocenters. The quantitative estimate of drug-likeness (QED) is 0.420. The van der Waals surface area contributed by atoms with Gasteiger partial charge in [-0.3, -0.25) is 9.78 Å². The first-order chi connectivity index (χ1) is 17.5. The van der Waals surface area contributed by atoms with E-state index in [9.17, 15) is 9.18 Å². The zero-order valence-electron chi connectivity index (χ0n) is 20.8. The number of halogens is 1. The van der Waals surface area contributed by atoms with Gasteiger partial charge in [0.2, 0.25) is 0 Å². The summed E-state index contributed by atoms with van der Waals surface area (Å²) in [6, 6.07) is 16.4. The second-order valence-electron chi connectivity index (χ2n) is 10.0. The third-order valence-corrected chi connectivity index (χ3v) is 7.37. The summed E-state index contributed by atoms with van der Waals surface area (Å²) in [5, 5.41) is 7.53. The lowest BCUT2D eigenvalue weighted by molar-refractivity contribution is 0.0826. The number of nitrogens with one attached hydrogen (secondary N) is 1. The fraction of sp³-hybridized carbons (Fsp3) is 0.367. The minimum absolute atomic E-state index is 0.0849. The van der Waals surface area contributed by atoms with E-state index >= 15 is 0 Å². The molecule has 1 aromatic heterocycles. The van der Waals surface area contributed by atoms with Crippen LogP contribution in [-0.4, -0.2) is 22.6 Å². The van der Waals surface area contributed by atoms with E-state index in [0.29, 0.717) is 29.0 Å². The van der Waals surface area contributed by atoms with Crippen LogP contribution in [0.3, 0.4) is 0 Å². The van der Waals surface area contributed by atoms with E-state index in [1.165, 1.54) is 25.3 Å².